The maximum absolute atomic E-state index is 4.28. The summed E-state index contributed by atoms with van der Waals surface area (Å²) in [6.07, 6.45) is 4.85. The van der Waals surface area contributed by atoms with Gasteiger partial charge in [0.05, 0.1) is 9.16 Å². The van der Waals surface area contributed by atoms with Gasteiger partial charge in [0.15, 0.2) is 0 Å². The van der Waals surface area contributed by atoms with Crippen molar-refractivity contribution in [3.63, 3.8) is 0 Å². The quantitative estimate of drug-likeness (QED) is 0.0160. The fourth-order valence-electron chi connectivity index (χ4n) is 3.62. The molecule has 0 radical (unpaired) electrons. The van der Waals surface area contributed by atoms with E-state index in [2.05, 4.69) is 211 Å². The fourth-order valence-corrected chi connectivity index (χ4v) is 24.4. The van der Waals surface area contributed by atoms with E-state index in [0.29, 0.717) is 14.4 Å². The van der Waals surface area contributed by atoms with E-state index in [-0.39, 0.29) is 0 Å². The van der Waals surface area contributed by atoms with Crippen LogP contribution in [0.1, 0.15) is 25.7 Å². The molecule has 0 N–H and O–H groups in total. The number of thiol groups is 13. The lowest BCUT2D eigenvalue weighted by Crippen LogP contribution is -2.12. The van der Waals surface area contributed by atoms with Crippen LogP contribution in [0.2, 0.25) is 0 Å². The molecular formula is C34H76S26. The van der Waals surface area contributed by atoms with Crippen LogP contribution in [0.3, 0.4) is 0 Å². The van der Waals surface area contributed by atoms with Crippen molar-refractivity contribution in [1.29, 1.82) is 0 Å². The topological polar surface area (TPSA) is 0 Å². The van der Waals surface area contributed by atoms with E-state index in [9.17, 15) is 0 Å². The molecule has 0 aromatic carbocycles. The van der Waals surface area contributed by atoms with Gasteiger partial charge < -0.3 is 0 Å². The Kier molecular flexibility index (Phi) is 88.4. The van der Waals surface area contributed by atoms with Crippen LogP contribution < -0.4 is 0 Å². The van der Waals surface area contributed by atoms with Gasteiger partial charge in [-0.2, -0.15) is 258 Å². The van der Waals surface area contributed by atoms with Gasteiger partial charge in [-0.25, -0.2) is 0 Å². The predicted molar refractivity (Wildman–Crippen MR) is 375 cm³/mol. The third-order valence-corrected chi connectivity index (χ3v) is 27.7. The molecule has 0 saturated heterocycles. The molecule has 60 heavy (non-hydrogen) atoms. The van der Waals surface area contributed by atoms with Crippen molar-refractivity contribution >= 4 is 317 Å². The molecule has 0 unspecified atom stereocenters. The highest BCUT2D eigenvalue weighted by molar-refractivity contribution is 8.24. The number of hydrogen-bond acceptors (Lipinski definition) is 26. The van der Waals surface area contributed by atoms with Crippen LogP contribution in [0.15, 0.2) is 0 Å². The minimum Gasteiger partial charge on any atom is -0.179 e. The second kappa shape index (κ2) is 70.2. The number of hydrogen-bond donors (Lipinski definition) is 13. The summed E-state index contributed by atoms with van der Waals surface area (Å²) in [6, 6.07) is 0. The molecule has 0 aromatic heterocycles. The van der Waals surface area contributed by atoms with Crippen molar-refractivity contribution in [3.05, 3.63) is 0 Å². The Balaban J connectivity index is -0.000000352. The highest BCUT2D eigenvalue weighted by Gasteiger charge is 2.17. The summed E-state index contributed by atoms with van der Waals surface area (Å²) < 4.78 is 1.18. The first-order valence-corrected chi connectivity index (χ1v) is 41.5. The second-order valence-electron chi connectivity index (χ2n) is 10.9. The summed E-state index contributed by atoms with van der Waals surface area (Å²) in [6.45, 7) is 0. The Morgan fingerprint density at radius 1 is 0.250 bits per heavy atom. The maximum atomic E-state index is 4.28. The molecule has 0 aromatic rings. The van der Waals surface area contributed by atoms with Crippen molar-refractivity contribution in [3.8, 4) is 0 Å². The van der Waals surface area contributed by atoms with Crippen molar-refractivity contribution in [1.82, 2.24) is 0 Å². The highest BCUT2D eigenvalue weighted by atomic mass is 32.2. The normalized spacial score (nSPS) is 11.3. The summed E-state index contributed by atoms with van der Waals surface area (Å²) in [5.74, 6) is 20.7. The first-order valence-electron chi connectivity index (χ1n) is 19.0. The van der Waals surface area contributed by atoms with E-state index in [1.54, 1.807) is 0 Å². The van der Waals surface area contributed by atoms with E-state index in [1.165, 1.54) is 71.0 Å². The minimum absolute atomic E-state index is 0.588. The van der Waals surface area contributed by atoms with E-state index >= 15 is 0 Å². The van der Waals surface area contributed by atoms with Gasteiger partial charge in [-0.15, -0.1) is 58.8 Å². The standard InChI is InChI=1S/C12H26S6.C9H20S6.C7H16S8.C6H14S6/c13-4-1-7-16-10-12(18-9-3-6-15)11-17-8-2-5-14;10-1-4-13-7-9(15-6-3-12)8-14-5-2-11;8-2-12-6(13-3-9)1-7(14-4-10)15-5-11;7-3-10-1-6(12-5-9)2-11-4-8/h12-15H,1-11H2;9-12H,1-8H2;6-11H,1-5H2;6-9H,1-5H2. The molecule has 0 amide bonds. The van der Waals surface area contributed by atoms with Crippen LogP contribution in [0, 0.1) is 0 Å². The zero-order chi connectivity index (χ0) is 45.6. The lowest BCUT2D eigenvalue weighted by atomic mass is 10.5. The van der Waals surface area contributed by atoms with Gasteiger partial charge in [-0.3, -0.25) is 0 Å². The first kappa shape index (κ1) is 75.6. The molecule has 368 valence electrons. The molecule has 0 saturated carbocycles. The Labute approximate surface area is 498 Å². The Hall–Kier alpha value is 9.10. The van der Waals surface area contributed by atoms with Crippen molar-refractivity contribution in [2.24, 2.45) is 0 Å². The molecule has 0 aliphatic rings. The van der Waals surface area contributed by atoms with E-state index in [1.807, 2.05) is 106 Å². The summed E-state index contributed by atoms with van der Waals surface area (Å²) in [4.78, 5) is 0. The van der Waals surface area contributed by atoms with Crippen LogP contribution in [0.5, 0.6) is 0 Å². The molecule has 0 bridgehead atoms. The summed E-state index contributed by atoms with van der Waals surface area (Å²) in [5, 5.41) is 8.49. The average molecular weight is 1320 g/mol. The molecule has 26 heteroatoms. The smallest absolute Gasteiger partial charge is 0.0537 e. The van der Waals surface area contributed by atoms with Crippen LogP contribution in [-0.4, -0.2) is 164 Å². The monoisotopic (exact) mass is 1320 g/mol. The van der Waals surface area contributed by atoms with E-state index < -0.39 is 0 Å². The van der Waals surface area contributed by atoms with Gasteiger partial charge in [0, 0.05) is 103 Å². The van der Waals surface area contributed by atoms with Gasteiger partial charge in [-0.05, 0) is 77.5 Å². The lowest BCUT2D eigenvalue weighted by molar-refractivity contribution is 1.03. The van der Waals surface area contributed by atoms with Crippen LogP contribution in [-0.2, 0) is 0 Å². The predicted octanol–water partition coefficient (Wildman–Crippen LogP) is 15.6. The zero-order valence-electron chi connectivity index (χ0n) is 34.5. The SMILES string of the molecule is SCCCSCC(CSCCCS)SCCCS.SCCSCC(CSCCS)SCCS.SCSC(CC(SCS)SCS)SCS.SCSCC(CSCS)SCS. The molecule has 0 spiro atoms. The van der Waals surface area contributed by atoms with Crippen molar-refractivity contribution in [2.45, 2.75) is 50.6 Å². The Morgan fingerprint density at radius 3 is 0.867 bits per heavy atom. The molecule has 0 nitrogen and oxygen atoms in total. The summed E-state index contributed by atoms with van der Waals surface area (Å²) in [7, 11) is 0. The zero-order valence-corrected chi connectivity index (χ0v) is 56.8. The van der Waals surface area contributed by atoms with Gasteiger partial charge >= 0.3 is 0 Å². The molecule has 0 fully saturated rings. The van der Waals surface area contributed by atoms with Crippen LogP contribution in [0.4, 0.5) is 0 Å². The van der Waals surface area contributed by atoms with Gasteiger partial charge in [0.1, 0.15) is 0 Å². The molecule has 0 aliphatic carbocycles. The molecule has 0 aliphatic heterocycles. The van der Waals surface area contributed by atoms with Crippen LogP contribution >= 0.6 is 317 Å². The maximum Gasteiger partial charge on any atom is 0.0537 e. The van der Waals surface area contributed by atoms with Gasteiger partial charge in [0.25, 0.3) is 0 Å². The highest BCUT2D eigenvalue weighted by Crippen LogP contribution is 2.37. The van der Waals surface area contributed by atoms with Gasteiger partial charge in [0.2, 0.25) is 0 Å². The second-order valence-corrected chi connectivity index (χ2v) is 34.9. The van der Waals surface area contributed by atoms with E-state index in [4.69, 9.17) is 0 Å². The molecule has 0 atom stereocenters. The molecular weight excluding hydrogens is 1240 g/mol. The number of thioether (sulfide) groups is 13. The molecule has 0 rings (SSSR count). The van der Waals surface area contributed by atoms with Crippen molar-refractivity contribution < 1.29 is 0 Å². The minimum atomic E-state index is 0.588. The largest absolute Gasteiger partial charge is 0.179 e. The Morgan fingerprint density at radius 2 is 0.550 bits per heavy atom. The third-order valence-electron chi connectivity index (χ3n) is 6.21. The first-order chi connectivity index (χ1) is 29.3. The van der Waals surface area contributed by atoms with Gasteiger partial charge in [-0.1, -0.05) is 0 Å². The average Bonchev–Trinajstić information content (AvgIpc) is 3.25. The van der Waals surface area contributed by atoms with Crippen molar-refractivity contribution in [2.75, 3.05) is 139 Å². The summed E-state index contributed by atoms with van der Waals surface area (Å²) in [5.41, 5.74) is 0. The lowest BCUT2D eigenvalue weighted by Gasteiger charge is -2.20. The molecule has 0 heterocycles. The summed E-state index contributed by atoms with van der Waals surface area (Å²) >= 11 is 80.7. The fraction of sp³-hybridized carbons (Fsp3) is 1.00. The Bertz CT molecular complexity index is 668. The number of rotatable bonds is 43. The van der Waals surface area contributed by atoms with E-state index in [0.717, 1.165) is 104 Å². The third kappa shape index (κ3) is 65.1. The van der Waals surface area contributed by atoms with Crippen LogP contribution in [0.25, 0.3) is 0 Å².